The zero-order chi connectivity index (χ0) is 14.5. The molecule has 2 nitrogen and oxygen atoms in total. The summed E-state index contributed by atoms with van der Waals surface area (Å²) in [5, 5.41) is 0. The lowest BCUT2D eigenvalue weighted by Gasteiger charge is -2.29. The molecule has 0 unspecified atom stereocenters. The van der Waals surface area contributed by atoms with Crippen molar-refractivity contribution in [2.45, 2.75) is 52.5 Å². The van der Waals surface area contributed by atoms with E-state index in [-0.39, 0.29) is 5.78 Å². The van der Waals surface area contributed by atoms with Crippen LogP contribution in [0.5, 0.6) is 0 Å². The van der Waals surface area contributed by atoms with Gasteiger partial charge < -0.3 is 0 Å². The van der Waals surface area contributed by atoms with Gasteiger partial charge in [-0.2, -0.15) is 0 Å². The van der Waals surface area contributed by atoms with Crippen LogP contribution in [0.2, 0.25) is 0 Å². The van der Waals surface area contributed by atoms with Gasteiger partial charge in [-0.3, -0.25) is 9.69 Å². The quantitative estimate of drug-likeness (QED) is 0.728. The highest BCUT2D eigenvalue weighted by atomic mass is 16.1. The average molecular weight is 273 g/mol. The fraction of sp³-hybridized carbons (Fsp3) is 0.611. The van der Waals surface area contributed by atoms with Crippen molar-refractivity contribution in [1.82, 2.24) is 4.90 Å². The average Bonchev–Trinajstić information content (AvgIpc) is 2.92. The number of carbonyl (C=O) groups excluding carboxylic acids is 1. The highest BCUT2D eigenvalue weighted by molar-refractivity contribution is 5.97. The molecule has 1 fully saturated rings. The Labute approximate surface area is 123 Å². The summed E-state index contributed by atoms with van der Waals surface area (Å²) in [7, 11) is 0. The molecule has 1 aromatic rings. The number of carbonyl (C=O) groups is 1. The topological polar surface area (TPSA) is 20.3 Å². The van der Waals surface area contributed by atoms with Crippen LogP contribution in [-0.4, -0.2) is 29.8 Å². The van der Waals surface area contributed by atoms with E-state index in [9.17, 15) is 4.79 Å². The predicted molar refractivity (Wildman–Crippen MR) is 84.2 cm³/mol. The smallest absolute Gasteiger partial charge is 0.176 e. The number of Topliss-reactive ketones (excluding diaryl/α,β-unsaturated/α-hetero) is 1. The second-order valence-corrected chi connectivity index (χ2v) is 6.55. The standard InChI is InChI=1S/C18H27NO/c1-14(2)12-19(17-6-4-5-7-17)13-18(20)16-10-8-15(3)9-11-16/h8-11,14,17H,4-7,12-13H2,1-3H3. The van der Waals surface area contributed by atoms with Gasteiger partial charge in [-0.25, -0.2) is 0 Å². The minimum Gasteiger partial charge on any atom is -0.293 e. The van der Waals surface area contributed by atoms with Crippen molar-refractivity contribution in [3.05, 3.63) is 35.4 Å². The minimum atomic E-state index is 0.262. The largest absolute Gasteiger partial charge is 0.293 e. The molecule has 0 aromatic heterocycles. The molecule has 110 valence electrons. The molecular formula is C18H27NO. The number of benzene rings is 1. The molecule has 20 heavy (non-hydrogen) atoms. The minimum absolute atomic E-state index is 0.262. The summed E-state index contributed by atoms with van der Waals surface area (Å²) in [5.74, 6) is 0.874. The molecule has 0 amide bonds. The maximum Gasteiger partial charge on any atom is 0.176 e. The summed E-state index contributed by atoms with van der Waals surface area (Å²) in [5.41, 5.74) is 2.05. The van der Waals surface area contributed by atoms with E-state index < -0.39 is 0 Å². The van der Waals surface area contributed by atoms with Crippen molar-refractivity contribution in [3.8, 4) is 0 Å². The van der Waals surface area contributed by atoms with Gasteiger partial charge in [0.05, 0.1) is 6.54 Å². The van der Waals surface area contributed by atoms with Gasteiger partial charge in [0.2, 0.25) is 0 Å². The molecule has 1 aromatic carbocycles. The Hall–Kier alpha value is -1.15. The Morgan fingerprint density at radius 2 is 1.80 bits per heavy atom. The summed E-state index contributed by atoms with van der Waals surface area (Å²) in [6, 6.07) is 8.58. The first-order valence-electron chi connectivity index (χ1n) is 7.90. The lowest BCUT2D eigenvalue weighted by Crippen LogP contribution is -2.40. The molecule has 1 aliphatic rings. The van der Waals surface area contributed by atoms with E-state index in [1.807, 2.05) is 24.3 Å². The number of aryl methyl sites for hydroxylation is 1. The van der Waals surface area contributed by atoms with E-state index >= 15 is 0 Å². The van der Waals surface area contributed by atoms with Crippen LogP contribution in [-0.2, 0) is 0 Å². The molecule has 0 heterocycles. The second-order valence-electron chi connectivity index (χ2n) is 6.55. The fourth-order valence-corrected chi connectivity index (χ4v) is 3.10. The number of rotatable bonds is 6. The number of ketones is 1. The van der Waals surface area contributed by atoms with E-state index in [1.165, 1.54) is 31.2 Å². The van der Waals surface area contributed by atoms with Crippen molar-refractivity contribution in [1.29, 1.82) is 0 Å². The summed E-state index contributed by atoms with van der Waals surface area (Å²) in [6.45, 7) is 8.13. The van der Waals surface area contributed by atoms with Crippen LogP contribution in [0.25, 0.3) is 0 Å². The predicted octanol–water partition coefficient (Wildman–Crippen LogP) is 4.08. The Balaban J connectivity index is 2.02. The molecule has 2 heteroatoms. The monoisotopic (exact) mass is 273 g/mol. The Morgan fingerprint density at radius 3 is 2.35 bits per heavy atom. The van der Waals surface area contributed by atoms with Crippen molar-refractivity contribution in [3.63, 3.8) is 0 Å². The first kappa shape index (κ1) is 15.2. The lowest BCUT2D eigenvalue weighted by molar-refractivity contribution is 0.0876. The third-order valence-corrected chi connectivity index (χ3v) is 4.16. The summed E-state index contributed by atoms with van der Waals surface area (Å²) in [4.78, 5) is 14.9. The molecule has 0 atom stereocenters. The highest BCUT2D eigenvalue weighted by Gasteiger charge is 2.25. The molecule has 0 spiro atoms. The Morgan fingerprint density at radius 1 is 1.20 bits per heavy atom. The molecule has 0 N–H and O–H groups in total. The molecule has 0 bridgehead atoms. The van der Waals surface area contributed by atoms with Crippen molar-refractivity contribution in [2.75, 3.05) is 13.1 Å². The van der Waals surface area contributed by atoms with Gasteiger partial charge >= 0.3 is 0 Å². The third kappa shape index (κ3) is 4.17. The third-order valence-electron chi connectivity index (χ3n) is 4.16. The van der Waals surface area contributed by atoms with E-state index in [1.54, 1.807) is 0 Å². The SMILES string of the molecule is Cc1ccc(C(=O)CN(CC(C)C)C2CCCC2)cc1. The van der Waals surface area contributed by atoms with Gasteiger partial charge in [-0.1, -0.05) is 56.5 Å². The fourth-order valence-electron chi connectivity index (χ4n) is 3.10. The molecule has 0 aliphatic heterocycles. The molecular weight excluding hydrogens is 246 g/mol. The maximum atomic E-state index is 12.5. The first-order valence-corrected chi connectivity index (χ1v) is 7.90. The first-order chi connectivity index (χ1) is 9.56. The molecule has 1 aliphatic carbocycles. The second kappa shape index (κ2) is 7.03. The van der Waals surface area contributed by atoms with Gasteiger partial charge in [0, 0.05) is 18.2 Å². The number of nitrogens with zero attached hydrogens (tertiary/aromatic N) is 1. The normalized spacial score (nSPS) is 16.2. The number of hydrogen-bond donors (Lipinski definition) is 0. The van der Waals surface area contributed by atoms with E-state index in [4.69, 9.17) is 0 Å². The summed E-state index contributed by atoms with van der Waals surface area (Å²) >= 11 is 0. The molecule has 1 saturated carbocycles. The van der Waals surface area contributed by atoms with Crippen LogP contribution < -0.4 is 0 Å². The van der Waals surface area contributed by atoms with Crippen molar-refractivity contribution < 1.29 is 4.79 Å². The zero-order valence-corrected chi connectivity index (χ0v) is 13.1. The van der Waals surface area contributed by atoms with Crippen molar-refractivity contribution >= 4 is 5.78 Å². The summed E-state index contributed by atoms with van der Waals surface area (Å²) < 4.78 is 0. The Bertz CT molecular complexity index is 429. The number of hydrogen-bond acceptors (Lipinski definition) is 2. The summed E-state index contributed by atoms with van der Waals surface area (Å²) in [6.07, 6.45) is 5.15. The van der Waals surface area contributed by atoms with Gasteiger partial charge in [-0.15, -0.1) is 0 Å². The van der Waals surface area contributed by atoms with Crippen LogP contribution in [0, 0.1) is 12.8 Å². The van der Waals surface area contributed by atoms with Crippen LogP contribution >= 0.6 is 0 Å². The van der Waals surface area contributed by atoms with Crippen LogP contribution in [0.3, 0.4) is 0 Å². The highest BCUT2D eigenvalue weighted by Crippen LogP contribution is 2.24. The van der Waals surface area contributed by atoms with Crippen LogP contribution in [0.15, 0.2) is 24.3 Å². The lowest BCUT2D eigenvalue weighted by atomic mass is 10.1. The van der Waals surface area contributed by atoms with Gasteiger partial charge in [-0.05, 0) is 25.7 Å². The van der Waals surface area contributed by atoms with E-state index in [2.05, 4.69) is 25.7 Å². The van der Waals surface area contributed by atoms with Gasteiger partial charge in [0.25, 0.3) is 0 Å². The maximum absolute atomic E-state index is 12.5. The van der Waals surface area contributed by atoms with Crippen LogP contribution in [0.4, 0.5) is 0 Å². The zero-order valence-electron chi connectivity index (χ0n) is 13.1. The van der Waals surface area contributed by atoms with Crippen molar-refractivity contribution in [2.24, 2.45) is 5.92 Å². The van der Waals surface area contributed by atoms with E-state index in [0.29, 0.717) is 18.5 Å². The Kier molecular flexibility index (Phi) is 5.36. The van der Waals surface area contributed by atoms with Crippen LogP contribution in [0.1, 0.15) is 55.5 Å². The van der Waals surface area contributed by atoms with Gasteiger partial charge in [0.15, 0.2) is 5.78 Å². The molecule has 2 rings (SSSR count). The van der Waals surface area contributed by atoms with Gasteiger partial charge in [0.1, 0.15) is 0 Å². The molecule has 0 saturated heterocycles. The van der Waals surface area contributed by atoms with E-state index in [0.717, 1.165) is 12.1 Å². The molecule has 0 radical (unpaired) electrons.